The molecule has 0 saturated heterocycles. The van der Waals surface area contributed by atoms with Gasteiger partial charge in [0.15, 0.2) is 0 Å². The summed E-state index contributed by atoms with van der Waals surface area (Å²) in [7, 11) is 0. The normalized spacial score (nSPS) is 10.6. The van der Waals surface area contributed by atoms with Crippen molar-refractivity contribution in [1.82, 2.24) is 5.43 Å². The van der Waals surface area contributed by atoms with Crippen molar-refractivity contribution in [2.45, 2.75) is 13.5 Å². The molecule has 0 unspecified atom stereocenters. The average Bonchev–Trinajstić information content (AvgIpc) is 2.74. The maximum absolute atomic E-state index is 12.3. The molecule has 0 bridgehead atoms. The molecule has 3 aromatic carbocycles. The van der Waals surface area contributed by atoms with Crippen LogP contribution >= 0.6 is 11.6 Å². The van der Waals surface area contributed by atoms with Crippen molar-refractivity contribution in [2.75, 3.05) is 5.32 Å². The maximum atomic E-state index is 12.3. The van der Waals surface area contributed by atoms with Gasteiger partial charge in [-0.15, -0.1) is 0 Å². The van der Waals surface area contributed by atoms with Crippen LogP contribution in [0, 0.1) is 0 Å². The van der Waals surface area contributed by atoms with Crippen molar-refractivity contribution in [1.29, 1.82) is 0 Å². The Balaban J connectivity index is 1.63. The fourth-order valence-corrected chi connectivity index (χ4v) is 2.75. The summed E-state index contributed by atoms with van der Waals surface area (Å²) < 4.78 is 5.87. The molecular weight excluding hydrogens is 402 g/mol. The van der Waals surface area contributed by atoms with E-state index < -0.39 is 5.91 Å². The van der Waals surface area contributed by atoms with E-state index >= 15 is 0 Å². The highest BCUT2D eigenvalue weighted by molar-refractivity contribution is 6.30. The Morgan fingerprint density at radius 2 is 1.80 bits per heavy atom. The first-order valence-corrected chi connectivity index (χ1v) is 9.56. The molecule has 0 heterocycles. The lowest BCUT2D eigenvalue weighted by molar-refractivity contribution is -0.114. The molecule has 0 aliphatic rings. The number of hydrazone groups is 1. The summed E-state index contributed by atoms with van der Waals surface area (Å²) in [5.74, 6) is 0.0388. The van der Waals surface area contributed by atoms with Crippen LogP contribution in [0.3, 0.4) is 0 Å². The number of para-hydroxylation sites is 1. The number of rotatable bonds is 7. The van der Waals surface area contributed by atoms with Crippen molar-refractivity contribution in [3.8, 4) is 5.75 Å². The van der Waals surface area contributed by atoms with Gasteiger partial charge in [0.05, 0.1) is 6.21 Å². The van der Waals surface area contributed by atoms with Gasteiger partial charge in [0.2, 0.25) is 5.91 Å². The number of nitrogens with one attached hydrogen (secondary N) is 2. The second kappa shape index (κ2) is 10.2. The van der Waals surface area contributed by atoms with E-state index in [4.69, 9.17) is 16.3 Å². The second-order valence-electron chi connectivity index (χ2n) is 6.41. The number of benzene rings is 3. The standard InChI is InChI=1S/C23H20ClN3O3/c1-16(28)26-21-7-4-6-18(13-21)23(29)27-25-14-19-5-2-3-8-22(19)30-15-17-9-11-20(24)12-10-17/h2-14H,15H2,1H3,(H,26,28)(H,27,29)/b25-14-. The van der Waals surface area contributed by atoms with E-state index in [1.807, 2.05) is 48.5 Å². The van der Waals surface area contributed by atoms with Crippen LogP contribution in [0.5, 0.6) is 5.75 Å². The van der Waals surface area contributed by atoms with Gasteiger partial charge in [-0.2, -0.15) is 5.10 Å². The number of amides is 2. The molecule has 2 N–H and O–H groups in total. The zero-order chi connectivity index (χ0) is 21.3. The molecule has 0 saturated carbocycles. The van der Waals surface area contributed by atoms with Gasteiger partial charge in [0, 0.05) is 28.8 Å². The van der Waals surface area contributed by atoms with Crippen molar-refractivity contribution >= 4 is 35.3 Å². The number of carbonyl (C=O) groups excluding carboxylic acids is 2. The zero-order valence-electron chi connectivity index (χ0n) is 16.3. The molecule has 30 heavy (non-hydrogen) atoms. The Morgan fingerprint density at radius 3 is 2.57 bits per heavy atom. The van der Waals surface area contributed by atoms with E-state index in [1.54, 1.807) is 24.3 Å². The van der Waals surface area contributed by atoms with Gasteiger partial charge in [0.1, 0.15) is 12.4 Å². The van der Waals surface area contributed by atoms with Crippen molar-refractivity contribution in [2.24, 2.45) is 5.10 Å². The van der Waals surface area contributed by atoms with Gasteiger partial charge in [-0.05, 0) is 48.0 Å². The highest BCUT2D eigenvalue weighted by Crippen LogP contribution is 2.18. The molecule has 0 aliphatic heterocycles. The molecule has 3 aromatic rings. The topological polar surface area (TPSA) is 79.8 Å². The Kier molecular flexibility index (Phi) is 7.19. The van der Waals surface area contributed by atoms with Gasteiger partial charge in [-0.3, -0.25) is 9.59 Å². The molecule has 2 amide bonds. The molecule has 0 atom stereocenters. The lowest BCUT2D eigenvalue weighted by Crippen LogP contribution is -2.18. The Morgan fingerprint density at radius 1 is 1.03 bits per heavy atom. The predicted molar refractivity (Wildman–Crippen MR) is 118 cm³/mol. The first-order valence-electron chi connectivity index (χ1n) is 9.18. The number of carbonyl (C=O) groups is 2. The molecule has 152 valence electrons. The van der Waals surface area contributed by atoms with Crippen LogP contribution in [0.4, 0.5) is 5.69 Å². The van der Waals surface area contributed by atoms with Gasteiger partial charge in [0.25, 0.3) is 5.91 Å². The summed E-state index contributed by atoms with van der Waals surface area (Å²) in [5, 5.41) is 7.34. The Labute approximate surface area is 179 Å². The van der Waals surface area contributed by atoms with Gasteiger partial charge < -0.3 is 10.1 Å². The van der Waals surface area contributed by atoms with Crippen molar-refractivity contribution in [3.63, 3.8) is 0 Å². The summed E-state index contributed by atoms with van der Waals surface area (Å²) in [6, 6.07) is 21.4. The fraction of sp³-hybridized carbons (Fsp3) is 0.0870. The average molecular weight is 422 g/mol. The SMILES string of the molecule is CC(=O)Nc1cccc(C(=O)N/N=C\c2ccccc2OCc2ccc(Cl)cc2)c1. The Bertz CT molecular complexity index is 1070. The largest absolute Gasteiger partial charge is 0.488 e. The highest BCUT2D eigenvalue weighted by Gasteiger charge is 2.06. The lowest BCUT2D eigenvalue weighted by atomic mass is 10.2. The van der Waals surface area contributed by atoms with Gasteiger partial charge in [-0.1, -0.05) is 41.9 Å². The van der Waals surface area contributed by atoms with Crippen molar-refractivity contribution in [3.05, 3.63) is 94.5 Å². The third-order valence-electron chi connectivity index (χ3n) is 4.04. The quantitative estimate of drug-likeness (QED) is 0.430. The molecule has 0 aromatic heterocycles. The second-order valence-corrected chi connectivity index (χ2v) is 6.85. The zero-order valence-corrected chi connectivity index (χ0v) is 17.0. The number of hydrogen-bond donors (Lipinski definition) is 2. The maximum Gasteiger partial charge on any atom is 0.271 e. The number of halogens is 1. The molecule has 7 heteroatoms. The van der Waals surface area contributed by atoms with Crippen LogP contribution in [-0.4, -0.2) is 18.0 Å². The number of ether oxygens (including phenoxy) is 1. The first-order chi connectivity index (χ1) is 14.5. The fourth-order valence-electron chi connectivity index (χ4n) is 2.63. The summed E-state index contributed by atoms with van der Waals surface area (Å²) in [5.41, 5.74) is 5.11. The van der Waals surface area contributed by atoms with Crippen LogP contribution in [0.2, 0.25) is 5.02 Å². The van der Waals surface area contributed by atoms with Gasteiger partial charge >= 0.3 is 0 Å². The molecule has 0 radical (unpaired) electrons. The number of nitrogens with zero attached hydrogens (tertiary/aromatic N) is 1. The van der Waals surface area contributed by atoms with E-state index in [0.717, 1.165) is 11.1 Å². The van der Waals surface area contributed by atoms with E-state index in [9.17, 15) is 9.59 Å². The van der Waals surface area contributed by atoms with Crippen molar-refractivity contribution < 1.29 is 14.3 Å². The van der Waals surface area contributed by atoms with Gasteiger partial charge in [-0.25, -0.2) is 5.43 Å². The van der Waals surface area contributed by atoms with E-state index in [2.05, 4.69) is 15.8 Å². The lowest BCUT2D eigenvalue weighted by Gasteiger charge is -2.09. The third kappa shape index (κ3) is 6.18. The summed E-state index contributed by atoms with van der Waals surface area (Å²) >= 11 is 5.90. The third-order valence-corrected chi connectivity index (χ3v) is 4.29. The summed E-state index contributed by atoms with van der Waals surface area (Å²) in [6.07, 6.45) is 1.52. The van der Waals surface area contributed by atoms with E-state index in [1.165, 1.54) is 13.1 Å². The predicted octanol–water partition coefficient (Wildman–Crippen LogP) is 4.64. The minimum absolute atomic E-state index is 0.208. The summed E-state index contributed by atoms with van der Waals surface area (Å²) in [6.45, 7) is 1.79. The first kappa shape index (κ1) is 21.1. The molecular formula is C23H20ClN3O3. The minimum atomic E-state index is -0.391. The summed E-state index contributed by atoms with van der Waals surface area (Å²) in [4.78, 5) is 23.5. The number of anilines is 1. The van der Waals surface area contributed by atoms with Crippen LogP contribution in [0.15, 0.2) is 77.9 Å². The monoisotopic (exact) mass is 421 g/mol. The smallest absolute Gasteiger partial charge is 0.271 e. The Hall–Kier alpha value is -3.64. The van der Waals surface area contributed by atoms with Crippen LogP contribution < -0.4 is 15.5 Å². The van der Waals surface area contributed by atoms with Crippen LogP contribution in [-0.2, 0) is 11.4 Å². The minimum Gasteiger partial charge on any atom is -0.488 e. The van der Waals surface area contributed by atoms with Crippen LogP contribution in [0.25, 0.3) is 0 Å². The highest BCUT2D eigenvalue weighted by atomic mass is 35.5. The molecule has 3 rings (SSSR count). The molecule has 6 nitrogen and oxygen atoms in total. The molecule has 0 spiro atoms. The number of hydrogen-bond acceptors (Lipinski definition) is 4. The van der Waals surface area contributed by atoms with E-state index in [-0.39, 0.29) is 5.91 Å². The molecule has 0 fully saturated rings. The van der Waals surface area contributed by atoms with Crippen LogP contribution in [0.1, 0.15) is 28.4 Å². The van der Waals surface area contributed by atoms with E-state index in [0.29, 0.717) is 28.6 Å². The molecule has 0 aliphatic carbocycles.